The van der Waals surface area contributed by atoms with Crippen LogP contribution in [0.15, 0.2) is 53.2 Å². The summed E-state index contributed by atoms with van der Waals surface area (Å²) in [6.45, 7) is 6.50. The number of thioether (sulfide) groups is 1. The smallest absolute Gasteiger partial charge is 0.321 e. The summed E-state index contributed by atoms with van der Waals surface area (Å²) in [5.41, 5.74) is 2.64. The zero-order chi connectivity index (χ0) is 24.9. The fourth-order valence-electron chi connectivity index (χ4n) is 3.31. The summed E-state index contributed by atoms with van der Waals surface area (Å²) >= 11 is 1.08. The minimum absolute atomic E-state index is 0.0825. The van der Waals surface area contributed by atoms with Crippen LogP contribution in [-0.4, -0.2) is 42.1 Å². The first-order valence-corrected chi connectivity index (χ1v) is 12.1. The van der Waals surface area contributed by atoms with E-state index < -0.39 is 11.9 Å². The number of urea groups is 1. The van der Waals surface area contributed by atoms with Crippen molar-refractivity contribution in [1.82, 2.24) is 10.6 Å². The number of benzene rings is 2. The molecule has 35 heavy (non-hydrogen) atoms. The monoisotopic (exact) mass is 494 g/mol. The number of amides is 4. The molecule has 0 saturated heterocycles. The highest BCUT2D eigenvalue weighted by Gasteiger charge is 2.32. The van der Waals surface area contributed by atoms with Gasteiger partial charge in [0.25, 0.3) is 5.91 Å². The molecule has 0 bridgehead atoms. The molecule has 2 aromatic carbocycles. The fourth-order valence-corrected chi connectivity index (χ4v) is 4.12. The summed E-state index contributed by atoms with van der Waals surface area (Å²) in [5.74, 6) is 0.635. The number of imide groups is 1. The van der Waals surface area contributed by atoms with E-state index in [0.29, 0.717) is 28.9 Å². The van der Waals surface area contributed by atoms with E-state index in [9.17, 15) is 14.4 Å². The molecule has 2 N–H and O–H groups in total. The number of amidine groups is 1. The van der Waals surface area contributed by atoms with Gasteiger partial charge in [0.05, 0.1) is 11.4 Å². The molecule has 2 aliphatic heterocycles. The standard InChI is InChI=1S/C25H26N4O5S/c1-15(2)12-26-24(32)28-22(30)13-35-25-27-19(10-17-6-9-20-21(11-17)34-14-33-20)23(31)29(25)18-7-4-16(3)5-8-18/h4-11,15H,12-14H2,1-3H3,(H2,26,28,30,32)/b19-10-. The van der Waals surface area contributed by atoms with E-state index in [1.54, 1.807) is 18.2 Å². The number of nitrogens with zero attached hydrogens (tertiary/aromatic N) is 2. The lowest BCUT2D eigenvalue weighted by Gasteiger charge is -2.18. The summed E-state index contributed by atoms with van der Waals surface area (Å²) in [6, 6.07) is 12.3. The summed E-state index contributed by atoms with van der Waals surface area (Å²) in [4.78, 5) is 43.5. The van der Waals surface area contributed by atoms with Crippen molar-refractivity contribution >= 4 is 46.5 Å². The Morgan fingerprint density at radius 2 is 1.89 bits per heavy atom. The van der Waals surface area contributed by atoms with Crippen LogP contribution in [-0.2, 0) is 9.59 Å². The molecule has 9 nitrogen and oxygen atoms in total. The number of carbonyl (C=O) groups excluding carboxylic acids is 3. The van der Waals surface area contributed by atoms with Crippen molar-refractivity contribution in [2.24, 2.45) is 10.9 Å². The van der Waals surface area contributed by atoms with E-state index in [2.05, 4.69) is 15.6 Å². The van der Waals surface area contributed by atoms with Crippen molar-refractivity contribution in [3.8, 4) is 11.5 Å². The van der Waals surface area contributed by atoms with Crippen molar-refractivity contribution in [2.45, 2.75) is 20.8 Å². The molecule has 2 aromatic rings. The number of fused-ring (bicyclic) bond motifs is 1. The average Bonchev–Trinajstić information content (AvgIpc) is 3.41. The van der Waals surface area contributed by atoms with Gasteiger partial charge in [-0.3, -0.25) is 19.8 Å². The van der Waals surface area contributed by atoms with Crippen LogP contribution in [0.3, 0.4) is 0 Å². The van der Waals surface area contributed by atoms with Crippen LogP contribution < -0.4 is 25.0 Å². The third-order valence-electron chi connectivity index (χ3n) is 5.08. The second-order valence-electron chi connectivity index (χ2n) is 8.45. The highest BCUT2D eigenvalue weighted by Crippen LogP contribution is 2.34. The lowest BCUT2D eigenvalue weighted by Crippen LogP contribution is -2.42. The Morgan fingerprint density at radius 1 is 1.14 bits per heavy atom. The first-order valence-electron chi connectivity index (χ1n) is 11.1. The van der Waals surface area contributed by atoms with E-state index in [4.69, 9.17) is 9.47 Å². The Kier molecular flexibility index (Phi) is 7.40. The van der Waals surface area contributed by atoms with E-state index >= 15 is 0 Å². The van der Waals surface area contributed by atoms with Crippen LogP contribution in [0, 0.1) is 12.8 Å². The average molecular weight is 495 g/mol. The summed E-state index contributed by atoms with van der Waals surface area (Å²) in [7, 11) is 0. The number of rotatable bonds is 6. The van der Waals surface area contributed by atoms with Gasteiger partial charge < -0.3 is 14.8 Å². The molecule has 10 heteroatoms. The van der Waals surface area contributed by atoms with Crippen LogP contribution in [0.25, 0.3) is 6.08 Å². The van der Waals surface area contributed by atoms with Gasteiger partial charge in [0.15, 0.2) is 16.7 Å². The topological polar surface area (TPSA) is 109 Å². The van der Waals surface area contributed by atoms with Gasteiger partial charge in [0.1, 0.15) is 5.70 Å². The van der Waals surface area contributed by atoms with Gasteiger partial charge in [-0.05, 0) is 48.7 Å². The minimum Gasteiger partial charge on any atom is -0.454 e. The number of hydrogen-bond donors (Lipinski definition) is 2. The molecule has 0 atom stereocenters. The molecule has 4 rings (SSSR count). The molecule has 2 aliphatic rings. The molecule has 0 unspecified atom stereocenters. The number of hydrogen-bond acceptors (Lipinski definition) is 7. The highest BCUT2D eigenvalue weighted by atomic mass is 32.2. The Balaban J connectivity index is 1.52. The number of aliphatic imine (C=N–C) groups is 1. The summed E-state index contributed by atoms with van der Waals surface area (Å²) in [5, 5.41) is 5.29. The van der Waals surface area contributed by atoms with Gasteiger partial charge in [0.2, 0.25) is 12.7 Å². The normalized spacial score (nSPS) is 15.5. The van der Waals surface area contributed by atoms with Gasteiger partial charge in [-0.1, -0.05) is 49.4 Å². The maximum atomic E-state index is 13.3. The third-order valence-corrected chi connectivity index (χ3v) is 6.02. The van der Waals surface area contributed by atoms with Crippen LogP contribution in [0.5, 0.6) is 11.5 Å². The second kappa shape index (κ2) is 10.6. The molecule has 0 saturated carbocycles. The van der Waals surface area contributed by atoms with Crippen LogP contribution in [0.2, 0.25) is 0 Å². The molecule has 0 spiro atoms. The molecule has 0 radical (unpaired) electrons. The first kappa shape index (κ1) is 24.3. The molecule has 2 heterocycles. The Bertz CT molecular complexity index is 1210. The maximum absolute atomic E-state index is 13.3. The number of anilines is 1. The Hall–Kier alpha value is -3.79. The molecule has 0 aromatic heterocycles. The van der Waals surface area contributed by atoms with Crippen LogP contribution >= 0.6 is 11.8 Å². The molecule has 0 aliphatic carbocycles. The van der Waals surface area contributed by atoms with Gasteiger partial charge in [-0.25, -0.2) is 9.79 Å². The zero-order valence-electron chi connectivity index (χ0n) is 19.7. The lowest BCUT2D eigenvalue weighted by atomic mass is 10.1. The number of carbonyl (C=O) groups is 3. The Morgan fingerprint density at radius 3 is 2.63 bits per heavy atom. The highest BCUT2D eigenvalue weighted by molar-refractivity contribution is 8.14. The van der Waals surface area contributed by atoms with Gasteiger partial charge >= 0.3 is 6.03 Å². The van der Waals surface area contributed by atoms with Gasteiger partial charge in [-0.2, -0.15) is 0 Å². The number of aryl methyl sites for hydroxylation is 1. The molecule has 4 amide bonds. The van der Waals surface area contributed by atoms with Crippen molar-refractivity contribution in [1.29, 1.82) is 0 Å². The maximum Gasteiger partial charge on any atom is 0.321 e. The predicted molar refractivity (Wildman–Crippen MR) is 135 cm³/mol. The SMILES string of the molecule is Cc1ccc(N2C(=O)/C(=C/c3ccc4c(c3)OCO4)N=C2SCC(=O)NC(=O)NCC(C)C)cc1. The van der Waals surface area contributed by atoms with E-state index in [1.807, 2.05) is 51.1 Å². The van der Waals surface area contributed by atoms with Crippen molar-refractivity contribution < 1.29 is 23.9 Å². The third kappa shape index (κ3) is 6.02. The fraction of sp³-hybridized carbons (Fsp3) is 0.280. The minimum atomic E-state index is -0.549. The van der Waals surface area contributed by atoms with E-state index in [0.717, 1.165) is 22.9 Å². The largest absolute Gasteiger partial charge is 0.454 e. The van der Waals surface area contributed by atoms with Crippen LogP contribution in [0.4, 0.5) is 10.5 Å². The molecular weight excluding hydrogens is 468 g/mol. The molecular formula is C25H26N4O5S. The predicted octanol–water partition coefficient (Wildman–Crippen LogP) is 3.68. The van der Waals surface area contributed by atoms with Crippen molar-refractivity contribution in [2.75, 3.05) is 24.0 Å². The molecule has 182 valence electrons. The number of ether oxygens (including phenoxy) is 2. The summed E-state index contributed by atoms with van der Waals surface area (Å²) in [6.07, 6.45) is 1.67. The van der Waals surface area contributed by atoms with Gasteiger partial charge in [0, 0.05) is 6.54 Å². The lowest BCUT2D eigenvalue weighted by molar-refractivity contribution is -0.117. The van der Waals surface area contributed by atoms with E-state index in [1.165, 1.54) is 4.90 Å². The molecule has 0 fully saturated rings. The van der Waals surface area contributed by atoms with Gasteiger partial charge in [-0.15, -0.1) is 0 Å². The zero-order valence-corrected chi connectivity index (χ0v) is 20.5. The summed E-state index contributed by atoms with van der Waals surface area (Å²) < 4.78 is 10.8. The number of nitrogens with one attached hydrogen (secondary N) is 2. The first-order chi connectivity index (χ1) is 16.8. The van der Waals surface area contributed by atoms with Crippen molar-refractivity contribution in [3.05, 3.63) is 59.3 Å². The van der Waals surface area contributed by atoms with Crippen LogP contribution in [0.1, 0.15) is 25.0 Å². The van der Waals surface area contributed by atoms with E-state index in [-0.39, 0.29) is 30.1 Å². The van der Waals surface area contributed by atoms with Crippen molar-refractivity contribution in [3.63, 3.8) is 0 Å². The quantitative estimate of drug-likeness (QED) is 0.593. The Labute approximate surface area is 207 Å². The second-order valence-corrected chi connectivity index (χ2v) is 9.40.